The summed E-state index contributed by atoms with van der Waals surface area (Å²) in [6.07, 6.45) is 1.31. The first kappa shape index (κ1) is 18.6. The Bertz CT molecular complexity index is 741. The van der Waals surface area contributed by atoms with E-state index in [1.165, 1.54) is 36.2 Å². The number of carbonyl (C=O) groups excluding carboxylic acids is 1. The molecule has 1 fully saturated rings. The van der Waals surface area contributed by atoms with Crippen molar-refractivity contribution in [2.75, 3.05) is 26.7 Å². The van der Waals surface area contributed by atoms with E-state index >= 15 is 0 Å². The van der Waals surface area contributed by atoms with Crippen molar-refractivity contribution in [3.63, 3.8) is 0 Å². The molecular weight excluding hydrogens is 322 g/mol. The fourth-order valence-corrected chi connectivity index (χ4v) is 3.60. The summed E-state index contributed by atoms with van der Waals surface area (Å²) < 4.78 is 0. The molecule has 2 aromatic rings. The van der Waals surface area contributed by atoms with Gasteiger partial charge in [0.05, 0.1) is 6.54 Å². The Hall–Kier alpha value is -2.17. The number of hydrogen-bond acceptors (Lipinski definition) is 3. The Kier molecular flexibility index (Phi) is 6.07. The van der Waals surface area contributed by atoms with Gasteiger partial charge in [0.1, 0.15) is 0 Å². The van der Waals surface area contributed by atoms with Crippen LogP contribution >= 0.6 is 0 Å². The normalized spacial score (nSPS) is 17.4. The molecule has 1 aliphatic heterocycles. The van der Waals surface area contributed by atoms with Crippen molar-refractivity contribution < 1.29 is 4.79 Å². The first-order chi connectivity index (χ1) is 12.5. The maximum atomic E-state index is 11.7. The average molecular weight is 351 g/mol. The average Bonchev–Trinajstić information content (AvgIpc) is 3.06. The molecule has 4 heteroatoms. The minimum Gasteiger partial charge on any atom is -0.340 e. The lowest BCUT2D eigenvalue weighted by Gasteiger charge is -2.17. The Morgan fingerprint density at radius 2 is 1.92 bits per heavy atom. The van der Waals surface area contributed by atoms with Gasteiger partial charge in [-0.3, -0.25) is 9.69 Å². The quantitative estimate of drug-likeness (QED) is 0.870. The van der Waals surface area contributed by atoms with E-state index in [0.717, 1.165) is 18.0 Å². The third-order valence-electron chi connectivity index (χ3n) is 5.15. The predicted molar refractivity (Wildman–Crippen MR) is 106 cm³/mol. The molecule has 0 spiro atoms. The number of benzene rings is 2. The summed E-state index contributed by atoms with van der Waals surface area (Å²) in [5.74, 6) is 0.775. The van der Waals surface area contributed by atoms with E-state index in [4.69, 9.17) is 5.73 Å². The summed E-state index contributed by atoms with van der Waals surface area (Å²) in [6, 6.07) is 17.2. The standard InChI is InChI=1S/C22H29N3O/c1-17-10-11-25(14-17)16-18-6-8-20(9-7-18)21-5-3-4-19(12-21)15-24(2)22(26)13-23/h3-9,12,17H,10-11,13-16,23H2,1-2H3. The second-order valence-corrected chi connectivity index (χ2v) is 7.48. The van der Waals surface area contributed by atoms with E-state index in [0.29, 0.717) is 6.54 Å². The molecule has 1 atom stereocenters. The zero-order valence-electron chi connectivity index (χ0n) is 15.8. The maximum Gasteiger partial charge on any atom is 0.236 e. The van der Waals surface area contributed by atoms with E-state index in [-0.39, 0.29) is 12.5 Å². The van der Waals surface area contributed by atoms with Crippen molar-refractivity contribution in [1.29, 1.82) is 0 Å². The molecule has 2 N–H and O–H groups in total. The zero-order chi connectivity index (χ0) is 18.5. The number of nitrogens with two attached hydrogens (primary N) is 1. The Morgan fingerprint density at radius 3 is 2.58 bits per heavy atom. The van der Waals surface area contributed by atoms with Crippen LogP contribution in [0.1, 0.15) is 24.5 Å². The predicted octanol–water partition coefficient (Wildman–Crippen LogP) is 3.11. The van der Waals surface area contributed by atoms with Crippen molar-refractivity contribution >= 4 is 5.91 Å². The van der Waals surface area contributed by atoms with Gasteiger partial charge >= 0.3 is 0 Å². The summed E-state index contributed by atoms with van der Waals surface area (Å²) in [6.45, 7) is 6.41. The van der Waals surface area contributed by atoms with Crippen molar-refractivity contribution in [3.05, 3.63) is 59.7 Å². The van der Waals surface area contributed by atoms with Gasteiger partial charge < -0.3 is 10.6 Å². The highest BCUT2D eigenvalue weighted by Crippen LogP contribution is 2.23. The number of rotatable bonds is 6. The van der Waals surface area contributed by atoms with Crippen LogP contribution < -0.4 is 5.73 Å². The number of likely N-dealkylation sites (tertiary alicyclic amines) is 1. The number of hydrogen-bond donors (Lipinski definition) is 1. The van der Waals surface area contributed by atoms with Crippen LogP contribution in [0, 0.1) is 5.92 Å². The molecule has 1 heterocycles. The molecule has 0 bridgehead atoms. The molecule has 1 saturated heterocycles. The van der Waals surface area contributed by atoms with Crippen LogP contribution in [-0.4, -0.2) is 42.4 Å². The first-order valence-electron chi connectivity index (χ1n) is 9.40. The third kappa shape index (κ3) is 4.71. The van der Waals surface area contributed by atoms with Gasteiger partial charge in [0.2, 0.25) is 5.91 Å². The molecule has 2 aromatic carbocycles. The minimum atomic E-state index is -0.0454. The molecule has 1 unspecified atom stereocenters. The molecule has 4 nitrogen and oxygen atoms in total. The van der Waals surface area contributed by atoms with E-state index < -0.39 is 0 Å². The molecule has 26 heavy (non-hydrogen) atoms. The van der Waals surface area contributed by atoms with Gasteiger partial charge in [-0.2, -0.15) is 0 Å². The highest BCUT2D eigenvalue weighted by molar-refractivity contribution is 5.77. The first-order valence-corrected chi connectivity index (χ1v) is 9.40. The summed E-state index contributed by atoms with van der Waals surface area (Å²) in [7, 11) is 1.79. The van der Waals surface area contributed by atoms with Crippen molar-refractivity contribution in [3.8, 4) is 11.1 Å². The molecule has 0 radical (unpaired) electrons. The fraction of sp³-hybridized carbons (Fsp3) is 0.409. The molecule has 0 saturated carbocycles. The SMILES string of the molecule is CC1CCN(Cc2ccc(-c3cccc(CN(C)C(=O)CN)c3)cc2)C1. The smallest absolute Gasteiger partial charge is 0.236 e. The lowest BCUT2D eigenvalue weighted by atomic mass is 10.0. The Morgan fingerprint density at radius 1 is 1.15 bits per heavy atom. The monoisotopic (exact) mass is 351 g/mol. The molecule has 0 aliphatic carbocycles. The highest BCUT2D eigenvalue weighted by Gasteiger charge is 2.18. The van der Waals surface area contributed by atoms with E-state index in [9.17, 15) is 4.79 Å². The zero-order valence-corrected chi connectivity index (χ0v) is 15.8. The van der Waals surface area contributed by atoms with Crippen molar-refractivity contribution in [2.45, 2.75) is 26.4 Å². The number of nitrogens with zero attached hydrogens (tertiary/aromatic N) is 2. The molecule has 1 amide bonds. The van der Waals surface area contributed by atoms with Gasteiger partial charge in [0, 0.05) is 26.7 Å². The highest BCUT2D eigenvalue weighted by atomic mass is 16.2. The largest absolute Gasteiger partial charge is 0.340 e. The number of amides is 1. The Balaban J connectivity index is 1.67. The van der Waals surface area contributed by atoms with Gasteiger partial charge in [-0.25, -0.2) is 0 Å². The van der Waals surface area contributed by atoms with Crippen LogP contribution in [-0.2, 0) is 17.9 Å². The Labute approximate surface area is 156 Å². The summed E-state index contributed by atoms with van der Waals surface area (Å²) in [4.78, 5) is 15.9. The van der Waals surface area contributed by atoms with Gasteiger partial charge in [-0.1, -0.05) is 49.4 Å². The topological polar surface area (TPSA) is 49.6 Å². The van der Waals surface area contributed by atoms with Crippen molar-refractivity contribution in [2.24, 2.45) is 11.7 Å². The van der Waals surface area contributed by atoms with Crippen LogP contribution in [0.5, 0.6) is 0 Å². The summed E-state index contributed by atoms with van der Waals surface area (Å²) in [5.41, 5.74) is 10.3. The van der Waals surface area contributed by atoms with Gasteiger partial charge in [0.25, 0.3) is 0 Å². The molecular formula is C22H29N3O. The van der Waals surface area contributed by atoms with Crippen LogP contribution in [0.2, 0.25) is 0 Å². The fourth-order valence-electron chi connectivity index (χ4n) is 3.60. The second-order valence-electron chi connectivity index (χ2n) is 7.48. The van der Waals surface area contributed by atoms with Gasteiger partial charge in [-0.15, -0.1) is 0 Å². The molecule has 0 aromatic heterocycles. The van der Waals surface area contributed by atoms with Crippen LogP contribution in [0.4, 0.5) is 0 Å². The number of likely N-dealkylation sites (N-methyl/N-ethyl adjacent to an activating group) is 1. The minimum absolute atomic E-state index is 0.0454. The van der Waals surface area contributed by atoms with Gasteiger partial charge in [-0.05, 0) is 47.2 Å². The van der Waals surface area contributed by atoms with E-state index in [1.807, 2.05) is 12.1 Å². The van der Waals surface area contributed by atoms with Gasteiger partial charge in [0.15, 0.2) is 0 Å². The summed E-state index contributed by atoms with van der Waals surface area (Å²) >= 11 is 0. The molecule has 3 rings (SSSR count). The molecule has 138 valence electrons. The van der Waals surface area contributed by atoms with Crippen molar-refractivity contribution in [1.82, 2.24) is 9.80 Å². The van der Waals surface area contributed by atoms with E-state index in [2.05, 4.69) is 48.2 Å². The van der Waals surface area contributed by atoms with Crippen LogP contribution in [0.3, 0.4) is 0 Å². The van der Waals surface area contributed by atoms with E-state index in [1.54, 1.807) is 11.9 Å². The molecule has 1 aliphatic rings. The number of carbonyl (C=O) groups is 1. The summed E-state index contributed by atoms with van der Waals surface area (Å²) in [5, 5.41) is 0. The second kappa shape index (κ2) is 8.47. The lowest BCUT2D eigenvalue weighted by molar-refractivity contribution is -0.128. The maximum absolute atomic E-state index is 11.7. The lowest BCUT2D eigenvalue weighted by Crippen LogP contribution is -2.32. The van der Waals surface area contributed by atoms with Crippen LogP contribution in [0.25, 0.3) is 11.1 Å². The third-order valence-corrected chi connectivity index (χ3v) is 5.15. The van der Waals surface area contributed by atoms with Crippen LogP contribution in [0.15, 0.2) is 48.5 Å².